The van der Waals surface area contributed by atoms with Gasteiger partial charge in [0.15, 0.2) is 0 Å². The summed E-state index contributed by atoms with van der Waals surface area (Å²) >= 11 is 5.79. The van der Waals surface area contributed by atoms with Gasteiger partial charge in [0.25, 0.3) is 0 Å². The molecule has 1 saturated heterocycles. The molecule has 1 aromatic rings. The molecule has 1 unspecified atom stereocenters. The van der Waals surface area contributed by atoms with Gasteiger partial charge in [0.05, 0.1) is 10.8 Å². The quantitative estimate of drug-likeness (QED) is 0.747. The topological polar surface area (TPSA) is 86.7 Å². The number of piperidine rings is 1. The Balaban J connectivity index is 2.05. The fraction of sp³-hybridized carbons (Fsp3) is 0.533. The number of aliphatic hydroxyl groups excluding tert-OH is 1. The van der Waals surface area contributed by atoms with Gasteiger partial charge < -0.3 is 10.4 Å². The third kappa shape index (κ3) is 4.67. The number of carbonyl (C=O) groups excluding carboxylic acids is 1. The van der Waals surface area contributed by atoms with Gasteiger partial charge in [-0.3, -0.25) is 4.79 Å². The molecule has 8 heteroatoms. The molecule has 2 rings (SSSR count). The van der Waals surface area contributed by atoms with Crippen molar-refractivity contribution in [1.29, 1.82) is 0 Å². The van der Waals surface area contributed by atoms with Crippen molar-refractivity contribution in [1.82, 2.24) is 9.62 Å². The zero-order chi connectivity index (χ0) is 16.9. The Morgan fingerprint density at radius 3 is 2.70 bits per heavy atom. The number of sulfonamides is 1. The number of nitrogens with one attached hydrogen (secondary N) is 1. The second-order valence-corrected chi connectivity index (χ2v) is 7.90. The lowest BCUT2D eigenvalue weighted by atomic mass is 9.99. The summed E-state index contributed by atoms with van der Waals surface area (Å²) in [5, 5.41) is 11.9. The lowest BCUT2D eigenvalue weighted by Crippen LogP contribution is -2.45. The Labute approximate surface area is 141 Å². The summed E-state index contributed by atoms with van der Waals surface area (Å²) < 4.78 is 26.6. The average Bonchev–Trinajstić information content (AvgIpc) is 2.55. The summed E-state index contributed by atoms with van der Waals surface area (Å²) in [4.78, 5) is 12.3. The molecule has 128 valence electrons. The molecular formula is C15H21ClN2O4S. The maximum Gasteiger partial charge on any atom is 0.243 e. The molecule has 1 heterocycles. The maximum absolute atomic E-state index is 12.6. The van der Waals surface area contributed by atoms with Gasteiger partial charge in [-0.05, 0) is 43.5 Å². The Kier molecular flexibility index (Phi) is 6.41. The first-order valence-electron chi connectivity index (χ1n) is 7.59. The Bertz CT molecular complexity index is 633. The van der Waals surface area contributed by atoms with Crippen LogP contribution in [0.1, 0.15) is 19.3 Å². The highest BCUT2D eigenvalue weighted by molar-refractivity contribution is 7.89. The van der Waals surface area contributed by atoms with E-state index in [1.165, 1.54) is 28.6 Å². The van der Waals surface area contributed by atoms with E-state index in [-0.39, 0.29) is 29.9 Å². The number of halogens is 1. The van der Waals surface area contributed by atoms with Gasteiger partial charge in [-0.25, -0.2) is 8.42 Å². The number of nitrogens with zero attached hydrogens (tertiary/aromatic N) is 1. The number of hydrogen-bond donors (Lipinski definition) is 2. The summed E-state index contributed by atoms with van der Waals surface area (Å²) in [6, 6.07) is 6.03. The molecule has 1 aliphatic rings. The number of aliphatic hydroxyl groups is 1. The molecule has 1 amide bonds. The van der Waals surface area contributed by atoms with E-state index in [1.807, 2.05) is 0 Å². The molecule has 2 N–H and O–H groups in total. The van der Waals surface area contributed by atoms with Crippen LogP contribution in [0.5, 0.6) is 0 Å². The van der Waals surface area contributed by atoms with Gasteiger partial charge in [0, 0.05) is 31.3 Å². The van der Waals surface area contributed by atoms with Crippen molar-refractivity contribution in [3.05, 3.63) is 29.3 Å². The van der Waals surface area contributed by atoms with Gasteiger partial charge in [-0.15, -0.1) is 0 Å². The van der Waals surface area contributed by atoms with Crippen LogP contribution in [0.3, 0.4) is 0 Å². The molecule has 1 atom stereocenters. The van der Waals surface area contributed by atoms with E-state index >= 15 is 0 Å². The van der Waals surface area contributed by atoms with Crippen LogP contribution < -0.4 is 5.32 Å². The summed E-state index contributed by atoms with van der Waals surface area (Å²) in [5.74, 6) is -0.515. The van der Waals surface area contributed by atoms with Gasteiger partial charge in [0.1, 0.15) is 0 Å². The van der Waals surface area contributed by atoms with Crippen LogP contribution in [-0.4, -0.2) is 50.0 Å². The zero-order valence-corrected chi connectivity index (χ0v) is 14.3. The second kappa shape index (κ2) is 8.10. The van der Waals surface area contributed by atoms with Crippen molar-refractivity contribution >= 4 is 27.5 Å². The maximum atomic E-state index is 12.6. The minimum absolute atomic E-state index is 0.0159. The molecule has 0 spiro atoms. The molecule has 1 fully saturated rings. The Morgan fingerprint density at radius 1 is 1.35 bits per heavy atom. The molecule has 6 nitrogen and oxygen atoms in total. The summed E-state index contributed by atoms with van der Waals surface area (Å²) in [5.41, 5.74) is 0. The molecule has 0 radical (unpaired) electrons. The minimum atomic E-state index is -3.62. The first kappa shape index (κ1) is 18.2. The zero-order valence-electron chi connectivity index (χ0n) is 12.7. The van der Waals surface area contributed by atoms with Crippen LogP contribution >= 0.6 is 11.6 Å². The van der Waals surface area contributed by atoms with Crippen LogP contribution in [0, 0.1) is 5.92 Å². The molecule has 23 heavy (non-hydrogen) atoms. The van der Waals surface area contributed by atoms with E-state index in [9.17, 15) is 13.2 Å². The Morgan fingerprint density at radius 2 is 2.04 bits per heavy atom. The van der Waals surface area contributed by atoms with E-state index in [0.717, 1.165) is 0 Å². The highest BCUT2D eigenvalue weighted by atomic mass is 35.5. The predicted octanol–water partition coefficient (Wildman–Crippen LogP) is 1.24. The Hall–Kier alpha value is -1.15. The van der Waals surface area contributed by atoms with Crippen LogP contribution in [0.4, 0.5) is 0 Å². The van der Waals surface area contributed by atoms with Crippen molar-refractivity contribution in [3.8, 4) is 0 Å². The monoisotopic (exact) mass is 360 g/mol. The SMILES string of the molecule is O=C(NCCCO)C1CCCN(S(=O)(=O)c2ccc(Cl)cc2)C1. The molecule has 0 bridgehead atoms. The van der Waals surface area contributed by atoms with Gasteiger partial charge >= 0.3 is 0 Å². The molecular weight excluding hydrogens is 340 g/mol. The number of carbonyl (C=O) groups is 1. The molecule has 0 aromatic heterocycles. The van der Waals surface area contributed by atoms with Crippen molar-refractivity contribution in [2.45, 2.75) is 24.2 Å². The number of hydrogen-bond acceptors (Lipinski definition) is 4. The highest BCUT2D eigenvalue weighted by Gasteiger charge is 2.33. The molecule has 1 aliphatic heterocycles. The van der Waals surface area contributed by atoms with E-state index in [1.54, 1.807) is 0 Å². The van der Waals surface area contributed by atoms with Crippen LogP contribution in [0.25, 0.3) is 0 Å². The normalized spacial score (nSPS) is 19.5. The molecule has 0 saturated carbocycles. The van der Waals surface area contributed by atoms with Crippen LogP contribution in [0.15, 0.2) is 29.2 Å². The first-order chi connectivity index (χ1) is 10.9. The summed E-state index contributed by atoms with van der Waals surface area (Å²) in [6.45, 7) is 0.999. The number of amides is 1. The first-order valence-corrected chi connectivity index (χ1v) is 9.41. The van der Waals surface area contributed by atoms with E-state index in [0.29, 0.717) is 37.4 Å². The third-order valence-corrected chi connectivity index (χ3v) is 5.97. The van der Waals surface area contributed by atoms with Crippen LogP contribution in [-0.2, 0) is 14.8 Å². The average molecular weight is 361 g/mol. The van der Waals surface area contributed by atoms with Crippen molar-refractivity contribution in [3.63, 3.8) is 0 Å². The lowest BCUT2D eigenvalue weighted by Gasteiger charge is -2.31. The summed E-state index contributed by atoms with van der Waals surface area (Å²) in [7, 11) is -3.62. The third-order valence-electron chi connectivity index (χ3n) is 3.84. The minimum Gasteiger partial charge on any atom is -0.396 e. The highest BCUT2D eigenvalue weighted by Crippen LogP contribution is 2.24. The van der Waals surface area contributed by atoms with E-state index < -0.39 is 10.0 Å². The smallest absolute Gasteiger partial charge is 0.243 e. The largest absolute Gasteiger partial charge is 0.396 e. The predicted molar refractivity (Wildman–Crippen MR) is 87.6 cm³/mol. The van der Waals surface area contributed by atoms with Crippen LogP contribution in [0.2, 0.25) is 5.02 Å². The van der Waals surface area contributed by atoms with Crippen molar-refractivity contribution in [2.24, 2.45) is 5.92 Å². The summed E-state index contributed by atoms with van der Waals surface area (Å²) in [6.07, 6.45) is 1.80. The van der Waals surface area contributed by atoms with E-state index in [2.05, 4.69) is 5.32 Å². The van der Waals surface area contributed by atoms with Crippen molar-refractivity contribution in [2.75, 3.05) is 26.2 Å². The lowest BCUT2D eigenvalue weighted by molar-refractivity contribution is -0.126. The standard InChI is InChI=1S/C15H21ClN2O4S/c16-13-4-6-14(7-5-13)23(21,22)18-9-1-3-12(11-18)15(20)17-8-2-10-19/h4-7,12,19H,1-3,8-11H2,(H,17,20). The second-order valence-electron chi connectivity index (χ2n) is 5.52. The number of benzene rings is 1. The number of rotatable bonds is 6. The van der Waals surface area contributed by atoms with Gasteiger partial charge in [-0.1, -0.05) is 11.6 Å². The van der Waals surface area contributed by atoms with E-state index in [4.69, 9.17) is 16.7 Å². The fourth-order valence-electron chi connectivity index (χ4n) is 2.57. The van der Waals surface area contributed by atoms with Gasteiger partial charge in [0.2, 0.25) is 15.9 Å². The fourth-order valence-corrected chi connectivity index (χ4v) is 4.22. The van der Waals surface area contributed by atoms with Crippen molar-refractivity contribution < 1.29 is 18.3 Å². The molecule has 0 aliphatic carbocycles. The van der Waals surface area contributed by atoms with Gasteiger partial charge in [-0.2, -0.15) is 4.31 Å². The molecule has 1 aromatic carbocycles.